The number of aromatic nitrogens is 1. The molecule has 0 saturated carbocycles. The molecular weight excluding hydrogens is 442 g/mol. The fraction of sp³-hybridized carbons (Fsp3) is 0.304. The number of nitrogens with zero attached hydrogens (tertiary/aromatic N) is 4. The number of benzene rings is 2. The van der Waals surface area contributed by atoms with Crippen molar-refractivity contribution in [2.45, 2.75) is 26.7 Å². The van der Waals surface area contributed by atoms with E-state index in [0.717, 1.165) is 41.3 Å². The second-order valence-electron chi connectivity index (χ2n) is 7.02. The van der Waals surface area contributed by atoms with Crippen molar-refractivity contribution < 1.29 is 4.79 Å². The molecule has 1 aromatic heterocycles. The molecule has 0 radical (unpaired) electrons. The smallest absolute Gasteiger partial charge is 0.162 e. The Labute approximate surface area is 185 Å². The number of pyridine rings is 1. The predicted octanol–water partition coefficient (Wildman–Crippen LogP) is 6.30. The van der Waals surface area contributed by atoms with E-state index >= 15 is 0 Å². The molecule has 0 aliphatic heterocycles. The molecule has 0 fully saturated rings. The van der Waals surface area contributed by atoms with Crippen LogP contribution in [0, 0.1) is 0 Å². The molecule has 0 spiro atoms. The standard InChI is InChI=1S/C23H26BrN5O/c1-3-29(4-2)13-5-6-21(30)16-8-11-19(12-9-16)27-28-22-20-14-18(24)10-7-17(20)15-26-23(22)25/h7-12,14-15H,3-6,13H2,1-2H3,(H2,25,26). The van der Waals surface area contributed by atoms with E-state index in [4.69, 9.17) is 5.73 Å². The molecule has 1 heterocycles. The van der Waals surface area contributed by atoms with Crippen LogP contribution in [-0.2, 0) is 0 Å². The van der Waals surface area contributed by atoms with Gasteiger partial charge in [0.15, 0.2) is 11.6 Å². The Hall–Kier alpha value is -2.64. The first kappa shape index (κ1) is 22.1. The van der Waals surface area contributed by atoms with E-state index in [1.807, 2.05) is 18.2 Å². The van der Waals surface area contributed by atoms with Gasteiger partial charge in [-0.2, -0.15) is 5.11 Å². The summed E-state index contributed by atoms with van der Waals surface area (Å²) in [5.74, 6) is 0.474. The SMILES string of the molecule is CCN(CC)CCCC(=O)c1ccc(N=Nc2c(N)ncc3ccc(Br)cc23)cc1. The topological polar surface area (TPSA) is 83.9 Å². The number of halogens is 1. The lowest BCUT2D eigenvalue weighted by Gasteiger charge is -2.17. The number of rotatable bonds is 9. The van der Waals surface area contributed by atoms with Gasteiger partial charge in [-0.25, -0.2) is 4.98 Å². The van der Waals surface area contributed by atoms with Gasteiger partial charge in [0.05, 0.1) is 5.69 Å². The van der Waals surface area contributed by atoms with Gasteiger partial charge >= 0.3 is 0 Å². The number of ketones is 1. The Kier molecular flexibility index (Phi) is 7.65. The summed E-state index contributed by atoms with van der Waals surface area (Å²) in [6.45, 7) is 7.25. The molecule has 3 rings (SSSR count). The van der Waals surface area contributed by atoms with Gasteiger partial charge in [0.2, 0.25) is 0 Å². The third kappa shape index (κ3) is 5.49. The van der Waals surface area contributed by atoms with Crippen molar-refractivity contribution in [2.75, 3.05) is 25.4 Å². The number of Topliss-reactive ketones (excluding diaryl/α,β-unsaturated/α-hetero) is 1. The first-order chi connectivity index (χ1) is 14.5. The van der Waals surface area contributed by atoms with Crippen LogP contribution in [0.25, 0.3) is 10.8 Å². The summed E-state index contributed by atoms with van der Waals surface area (Å²) in [6.07, 6.45) is 3.13. The Morgan fingerprint density at radius 1 is 1.10 bits per heavy atom. The Morgan fingerprint density at radius 2 is 1.83 bits per heavy atom. The molecule has 6 nitrogen and oxygen atoms in total. The molecule has 0 unspecified atom stereocenters. The van der Waals surface area contributed by atoms with Crippen LogP contribution < -0.4 is 5.73 Å². The fourth-order valence-electron chi connectivity index (χ4n) is 3.26. The molecule has 3 aromatic rings. The van der Waals surface area contributed by atoms with Gasteiger partial charge in [-0.1, -0.05) is 35.8 Å². The molecule has 2 N–H and O–H groups in total. The van der Waals surface area contributed by atoms with E-state index in [9.17, 15) is 4.79 Å². The first-order valence-electron chi connectivity index (χ1n) is 10.1. The number of azo groups is 1. The van der Waals surface area contributed by atoms with Crippen LogP contribution in [0.1, 0.15) is 37.0 Å². The van der Waals surface area contributed by atoms with E-state index in [1.165, 1.54) is 0 Å². The molecule has 0 aliphatic rings. The molecule has 30 heavy (non-hydrogen) atoms. The van der Waals surface area contributed by atoms with Gasteiger partial charge in [0.25, 0.3) is 0 Å². The molecule has 0 atom stereocenters. The number of hydrogen-bond acceptors (Lipinski definition) is 6. The maximum atomic E-state index is 12.4. The summed E-state index contributed by atoms with van der Waals surface area (Å²) in [5.41, 5.74) is 7.91. The minimum Gasteiger partial charge on any atom is -0.382 e. The lowest BCUT2D eigenvalue weighted by molar-refractivity contribution is 0.0975. The van der Waals surface area contributed by atoms with Crippen LogP contribution in [0.5, 0.6) is 0 Å². The highest BCUT2D eigenvalue weighted by atomic mass is 79.9. The maximum Gasteiger partial charge on any atom is 0.162 e. The molecule has 2 aromatic carbocycles. The maximum absolute atomic E-state index is 12.4. The average molecular weight is 468 g/mol. The lowest BCUT2D eigenvalue weighted by atomic mass is 10.1. The van der Waals surface area contributed by atoms with E-state index in [-0.39, 0.29) is 5.78 Å². The van der Waals surface area contributed by atoms with E-state index in [1.54, 1.807) is 30.5 Å². The summed E-state index contributed by atoms with van der Waals surface area (Å²) < 4.78 is 0.931. The largest absolute Gasteiger partial charge is 0.382 e. The monoisotopic (exact) mass is 467 g/mol. The van der Waals surface area contributed by atoms with Crippen molar-refractivity contribution in [3.63, 3.8) is 0 Å². The highest BCUT2D eigenvalue weighted by Gasteiger charge is 2.09. The zero-order chi connectivity index (χ0) is 21.5. The van der Waals surface area contributed by atoms with Gasteiger partial charge in [-0.05, 0) is 62.5 Å². The molecule has 156 valence electrons. The zero-order valence-corrected chi connectivity index (χ0v) is 18.9. The van der Waals surface area contributed by atoms with Crippen molar-refractivity contribution in [1.29, 1.82) is 0 Å². The molecule has 0 amide bonds. The van der Waals surface area contributed by atoms with Crippen molar-refractivity contribution in [1.82, 2.24) is 9.88 Å². The van der Waals surface area contributed by atoms with E-state index in [0.29, 0.717) is 29.2 Å². The van der Waals surface area contributed by atoms with Crippen molar-refractivity contribution in [3.05, 3.63) is 58.7 Å². The molecule has 0 saturated heterocycles. The van der Waals surface area contributed by atoms with Crippen LogP contribution in [-0.4, -0.2) is 35.3 Å². The number of carbonyl (C=O) groups excluding carboxylic acids is 1. The number of nitrogen functional groups attached to an aromatic ring is 1. The minimum atomic E-state index is 0.151. The van der Waals surface area contributed by atoms with Gasteiger partial charge in [0.1, 0.15) is 5.69 Å². The van der Waals surface area contributed by atoms with E-state index < -0.39 is 0 Å². The van der Waals surface area contributed by atoms with Crippen molar-refractivity contribution in [2.24, 2.45) is 10.2 Å². The fourth-order valence-corrected chi connectivity index (χ4v) is 3.62. The Bertz CT molecular complexity index is 1040. The minimum absolute atomic E-state index is 0.151. The van der Waals surface area contributed by atoms with Crippen molar-refractivity contribution >= 4 is 49.7 Å². The molecular formula is C23H26BrN5O. The van der Waals surface area contributed by atoms with Crippen LogP contribution in [0.3, 0.4) is 0 Å². The summed E-state index contributed by atoms with van der Waals surface area (Å²) in [5, 5.41) is 10.4. The van der Waals surface area contributed by atoms with Crippen molar-refractivity contribution in [3.8, 4) is 0 Å². The summed E-state index contributed by atoms with van der Waals surface area (Å²) in [4.78, 5) is 18.9. The summed E-state index contributed by atoms with van der Waals surface area (Å²) in [6, 6.07) is 13.0. The van der Waals surface area contributed by atoms with Crippen LogP contribution in [0.2, 0.25) is 0 Å². The lowest BCUT2D eigenvalue weighted by Crippen LogP contribution is -2.24. The third-order valence-corrected chi connectivity index (χ3v) is 5.58. The first-order valence-corrected chi connectivity index (χ1v) is 10.9. The second-order valence-corrected chi connectivity index (χ2v) is 7.94. The number of anilines is 1. The van der Waals surface area contributed by atoms with Crippen LogP contribution in [0.15, 0.2) is 63.4 Å². The van der Waals surface area contributed by atoms with Crippen LogP contribution >= 0.6 is 15.9 Å². The average Bonchev–Trinajstić information content (AvgIpc) is 2.76. The van der Waals surface area contributed by atoms with Crippen LogP contribution in [0.4, 0.5) is 17.2 Å². The second kappa shape index (κ2) is 10.4. The number of nitrogens with two attached hydrogens (primary N) is 1. The Balaban J connectivity index is 1.70. The van der Waals surface area contributed by atoms with Gasteiger partial charge in [0, 0.05) is 33.4 Å². The van der Waals surface area contributed by atoms with Gasteiger partial charge in [-0.3, -0.25) is 4.79 Å². The summed E-state index contributed by atoms with van der Waals surface area (Å²) >= 11 is 3.47. The quantitative estimate of drug-likeness (QED) is 0.295. The van der Waals surface area contributed by atoms with Gasteiger partial charge < -0.3 is 10.6 Å². The molecule has 7 heteroatoms. The Morgan fingerprint density at radius 3 is 2.53 bits per heavy atom. The summed E-state index contributed by atoms with van der Waals surface area (Å²) in [7, 11) is 0. The molecule has 0 aliphatic carbocycles. The van der Waals surface area contributed by atoms with Gasteiger partial charge in [-0.15, -0.1) is 5.11 Å². The normalized spacial score (nSPS) is 11.6. The molecule has 0 bridgehead atoms. The van der Waals surface area contributed by atoms with E-state index in [2.05, 4.69) is 49.9 Å². The number of fused-ring (bicyclic) bond motifs is 1. The number of hydrogen-bond donors (Lipinski definition) is 1. The highest BCUT2D eigenvalue weighted by Crippen LogP contribution is 2.33. The number of carbonyl (C=O) groups is 1. The highest BCUT2D eigenvalue weighted by molar-refractivity contribution is 9.10. The zero-order valence-electron chi connectivity index (χ0n) is 17.3. The third-order valence-electron chi connectivity index (χ3n) is 5.08. The predicted molar refractivity (Wildman–Crippen MR) is 126 cm³/mol.